The number of nitrogens with one attached hydrogen (secondary N) is 2. The molecule has 1 atom stereocenters. The summed E-state index contributed by atoms with van der Waals surface area (Å²) in [7, 11) is 0. The Kier molecular flexibility index (Phi) is 8.28. The first-order valence-electron chi connectivity index (χ1n) is 7.52. The minimum atomic E-state index is -0.176. The summed E-state index contributed by atoms with van der Waals surface area (Å²) in [6, 6.07) is 3.94. The average Bonchev–Trinajstić information content (AvgIpc) is 2.99. The van der Waals surface area contributed by atoms with Crippen molar-refractivity contribution in [3.05, 3.63) is 35.0 Å². The summed E-state index contributed by atoms with van der Waals surface area (Å²) in [4.78, 5) is 26.6. The first kappa shape index (κ1) is 18.2. The number of nitrogens with zero attached hydrogens (tertiary/aromatic N) is 1. The third kappa shape index (κ3) is 6.76. The lowest BCUT2D eigenvalue weighted by Crippen LogP contribution is -2.41. The molecule has 6 heteroatoms. The molecule has 1 aromatic heterocycles. The number of carbonyl (C=O) groups excluding carboxylic acids is 2. The molecule has 0 bridgehead atoms. The molecule has 1 aromatic rings. The van der Waals surface area contributed by atoms with Crippen LogP contribution in [0.4, 0.5) is 4.79 Å². The molecule has 0 aliphatic heterocycles. The van der Waals surface area contributed by atoms with Gasteiger partial charge in [-0.25, -0.2) is 4.79 Å². The van der Waals surface area contributed by atoms with Crippen molar-refractivity contribution in [2.75, 3.05) is 13.1 Å². The Morgan fingerprint density at radius 3 is 2.86 bits per heavy atom. The first-order chi connectivity index (χ1) is 10.6. The molecule has 122 valence electrons. The van der Waals surface area contributed by atoms with E-state index in [4.69, 9.17) is 0 Å². The van der Waals surface area contributed by atoms with Crippen LogP contribution < -0.4 is 10.6 Å². The molecule has 2 N–H and O–H groups in total. The van der Waals surface area contributed by atoms with Crippen molar-refractivity contribution in [2.24, 2.45) is 0 Å². The van der Waals surface area contributed by atoms with Crippen molar-refractivity contribution in [2.45, 2.75) is 39.3 Å². The Balaban J connectivity index is 2.37. The maximum absolute atomic E-state index is 12.2. The van der Waals surface area contributed by atoms with Crippen LogP contribution in [0.1, 0.15) is 31.6 Å². The number of rotatable bonds is 9. The number of thiophene rings is 1. The quantitative estimate of drug-likeness (QED) is 0.687. The normalized spacial score (nSPS) is 11.5. The maximum atomic E-state index is 12.2. The highest BCUT2D eigenvalue weighted by Gasteiger charge is 2.13. The third-order valence-corrected chi connectivity index (χ3v) is 4.07. The summed E-state index contributed by atoms with van der Waals surface area (Å²) in [5.74, 6) is -0.0387. The molecule has 0 spiro atoms. The second kappa shape index (κ2) is 10.00. The maximum Gasteiger partial charge on any atom is 0.318 e. The van der Waals surface area contributed by atoms with Crippen molar-refractivity contribution >= 4 is 23.3 Å². The van der Waals surface area contributed by atoms with Gasteiger partial charge in [0, 0.05) is 30.4 Å². The minimum absolute atomic E-state index is 0.0387. The lowest BCUT2D eigenvalue weighted by molar-refractivity contribution is -0.121. The van der Waals surface area contributed by atoms with Crippen LogP contribution in [0, 0.1) is 0 Å². The summed E-state index contributed by atoms with van der Waals surface area (Å²) in [5.41, 5.74) is 0. The van der Waals surface area contributed by atoms with E-state index in [1.165, 1.54) is 0 Å². The van der Waals surface area contributed by atoms with Gasteiger partial charge >= 0.3 is 6.03 Å². The van der Waals surface area contributed by atoms with Crippen LogP contribution in [-0.2, 0) is 11.3 Å². The molecule has 5 nitrogen and oxygen atoms in total. The molecule has 0 radical (unpaired) electrons. The van der Waals surface area contributed by atoms with Gasteiger partial charge in [-0.1, -0.05) is 19.1 Å². The highest BCUT2D eigenvalue weighted by molar-refractivity contribution is 7.09. The van der Waals surface area contributed by atoms with Crippen LogP contribution in [0.5, 0.6) is 0 Å². The molecule has 0 aliphatic rings. The minimum Gasteiger partial charge on any atom is -0.354 e. The fourth-order valence-electron chi connectivity index (χ4n) is 1.81. The largest absolute Gasteiger partial charge is 0.354 e. The summed E-state index contributed by atoms with van der Waals surface area (Å²) in [6.07, 6.45) is 2.88. The Labute approximate surface area is 136 Å². The Hall–Kier alpha value is -1.82. The van der Waals surface area contributed by atoms with Crippen LogP contribution in [-0.4, -0.2) is 36.0 Å². The topological polar surface area (TPSA) is 61.4 Å². The Bertz CT molecular complexity index is 474. The van der Waals surface area contributed by atoms with E-state index in [2.05, 4.69) is 17.2 Å². The van der Waals surface area contributed by atoms with E-state index >= 15 is 0 Å². The molecule has 1 heterocycles. The summed E-state index contributed by atoms with van der Waals surface area (Å²) >= 11 is 1.61. The predicted molar refractivity (Wildman–Crippen MR) is 90.8 cm³/mol. The van der Waals surface area contributed by atoms with Gasteiger partial charge in [-0.2, -0.15) is 0 Å². The molecular weight excluding hydrogens is 298 g/mol. The summed E-state index contributed by atoms with van der Waals surface area (Å²) in [5, 5.41) is 7.65. The van der Waals surface area contributed by atoms with E-state index in [0.717, 1.165) is 11.3 Å². The van der Waals surface area contributed by atoms with Gasteiger partial charge in [0.05, 0.1) is 6.54 Å². The SMILES string of the molecule is C=CCN(Cc1cccs1)C(=O)NCCC(=O)NC(C)CC. The van der Waals surface area contributed by atoms with Gasteiger partial charge in [0.1, 0.15) is 0 Å². The third-order valence-electron chi connectivity index (χ3n) is 3.21. The number of amides is 3. The van der Waals surface area contributed by atoms with E-state index in [1.807, 2.05) is 31.4 Å². The molecule has 22 heavy (non-hydrogen) atoms. The lowest BCUT2D eigenvalue weighted by atomic mass is 10.2. The van der Waals surface area contributed by atoms with Crippen molar-refractivity contribution in [3.63, 3.8) is 0 Å². The molecule has 0 aliphatic carbocycles. The fourth-order valence-corrected chi connectivity index (χ4v) is 2.53. The highest BCUT2D eigenvalue weighted by Crippen LogP contribution is 2.11. The Morgan fingerprint density at radius 2 is 2.27 bits per heavy atom. The standard InChI is InChI=1S/C16H25N3O2S/c1-4-10-19(12-14-7-6-11-22-14)16(21)17-9-8-15(20)18-13(3)5-2/h4,6-7,11,13H,1,5,8-10,12H2,2-3H3,(H,17,21)(H,18,20). The zero-order valence-corrected chi connectivity index (χ0v) is 14.1. The van der Waals surface area contributed by atoms with Gasteiger partial charge in [-0.15, -0.1) is 17.9 Å². The predicted octanol–water partition coefficient (Wildman–Crippen LogP) is 2.75. The zero-order chi connectivity index (χ0) is 16.4. The van der Waals surface area contributed by atoms with Gasteiger partial charge in [0.2, 0.25) is 5.91 Å². The number of hydrogen-bond donors (Lipinski definition) is 2. The average molecular weight is 323 g/mol. The van der Waals surface area contributed by atoms with E-state index in [9.17, 15) is 9.59 Å². The van der Waals surface area contributed by atoms with Crippen molar-refractivity contribution in [3.8, 4) is 0 Å². The van der Waals surface area contributed by atoms with E-state index in [1.54, 1.807) is 22.3 Å². The first-order valence-corrected chi connectivity index (χ1v) is 8.40. The molecule has 0 saturated carbocycles. The van der Waals surface area contributed by atoms with E-state index in [-0.39, 0.29) is 24.4 Å². The van der Waals surface area contributed by atoms with Gasteiger partial charge in [-0.05, 0) is 24.8 Å². The van der Waals surface area contributed by atoms with Gasteiger partial charge in [0.15, 0.2) is 0 Å². The van der Waals surface area contributed by atoms with Crippen molar-refractivity contribution < 1.29 is 9.59 Å². The molecule has 3 amide bonds. The van der Waals surface area contributed by atoms with Gasteiger partial charge < -0.3 is 15.5 Å². The second-order valence-electron chi connectivity index (χ2n) is 5.11. The monoisotopic (exact) mass is 323 g/mol. The number of carbonyl (C=O) groups is 2. The number of urea groups is 1. The number of hydrogen-bond acceptors (Lipinski definition) is 3. The summed E-state index contributed by atoms with van der Waals surface area (Å²) < 4.78 is 0. The molecule has 1 rings (SSSR count). The fraction of sp³-hybridized carbons (Fsp3) is 0.500. The zero-order valence-electron chi connectivity index (χ0n) is 13.3. The summed E-state index contributed by atoms with van der Waals surface area (Å²) in [6.45, 7) is 9.02. The molecule has 1 unspecified atom stereocenters. The lowest BCUT2D eigenvalue weighted by Gasteiger charge is -2.21. The van der Waals surface area contributed by atoms with E-state index < -0.39 is 0 Å². The van der Waals surface area contributed by atoms with Crippen molar-refractivity contribution in [1.29, 1.82) is 0 Å². The van der Waals surface area contributed by atoms with Gasteiger partial charge in [-0.3, -0.25) is 4.79 Å². The van der Waals surface area contributed by atoms with Crippen LogP contribution in [0.15, 0.2) is 30.2 Å². The molecule has 0 aromatic carbocycles. The van der Waals surface area contributed by atoms with E-state index in [0.29, 0.717) is 19.6 Å². The van der Waals surface area contributed by atoms with Crippen LogP contribution >= 0.6 is 11.3 Å². The van der Waals surface area contributed by atoms with Crippen molar-refractivity contribution in [1.82, 2.24) is 15.5 Å². The van der Waals surface area contributed by atoms with Gasteiger partial charge in [0.25, 0.3) is 0 Å². The Morgan fingerprint density at radius 1 is 1.50 bits per heavy atom. The van der Waals surface area contributed by atoms with Crippen LogP contribution in [0.2, 0.25) is 0 Å². The molecular formula is C16H25N3O2S. The molecule has 0 saturated heterocycles. The second-order valence-corrected chi connectivity index (χ2v) is 6.14. The molecule has 0 fully saturated rings. The smallest absolute Gasteiger partial charge is 0.318 e. The highest BCUT2D eigenvalue weighted by atomic mass is 32.1. The van der Waals surface area contributed by atoms with Crippen LogP contribution in [0.25, 0.3) is 0 Å². The van der Waals surface area contributed by atoms with Crippen LogP contribution in [0.3, 0.4) is 0 Å².